The number of carbonyl (C=O) groups excluding carboxylic acids is 4. The molecule has 8 rings (SSSR count). The maximum atomic E-state index is 13.2. The minimum absolute atomic E-state index is 0.0848. The summed E-state index contributed by atoms with van der Waals surface area (Å²) >= 11 is 0. The van der Waals surface area contributed by atoms with Gasteiger partial charge in [0.2, 0.25) is 5.91 Å². The van der Waals surface area contributed by atoms with E-state index < -0.39 is 23.6 Å². The number of carbonyl (C=O) groups is 4. The Morgan fingerprint density at radius 3 is 2.65 bits per heavy atom. The molecule has 0 saturated carbocycles. The minimum atomic E-state index is -1.75. The van der Waals surface area contributed by atoms with Gasteiger partial charge in [0.05, 0.1) is 47.0 Å². The third-order valence-electron chi connectivity index (χ3n) is 10.5. The highest BCUT2D eigenvalue weighted by Crippen LogP contribution is 2.34. The lowest BCUT2D eigenvalue weighted by molar-refractivity contribution is -0.138. The van der Waals surface area contributed by atoms with Crippen LogP contribution in [0.2, 0.25) is 0 Å². The van der Waals surface area contributed by atoms with Gasteiger partial charge in [0.15, 0.2) is 23.8 Å². The van der Waals surface area contributed by atoms with Crippen LogP contribution in [-0.2, 0) is 9.59 Å². The zero-order valence-corrected chi connectivity index (χ0v) is 30.6. The second-order valence-corrected chi connectivity index (χ2v) is 14.5. The van der Waals surface area contributed by atoms with Crippen molar-refractivity contribution in [3.63, 3.8) is 0 Å². The van der Waals surface area contributed by atoms with Crippen molar-refractivity contribution in [2.24, 2.45) is 0 Å². The number of amides is 4. The largest absolute Gasteiger partial charge is 0.484 e. The van der Waals surface area contributed by atoms with E-state index in [1.54, 1.807) is 12.4 Å². The van der Waals surface area contributed by atoms with E-state index in [1.165, 1.54) is 30.7 Å². The van der Waals surface area contributed by atoms with Crippen LogP contribution >= 0.6 is 0 Å². The number of imidazole rings is 1. The lowest BCUT2D eigenvalue weighted by Gasteiger charge is -2.41. The predicted octanol–water partition coefficient (Wildman–Crippen LogP) is 3.06. The van der Waals surface area contributed by atoms with Crippen LogP contribution in [0.3, 0.4) is 0 Å². The van der Waals surface area contributed by atoms with Gasteiger partial charge in [-0.3, -0.25) is 33.2 Å². The highest BCUT2D eigenvalue weighted by atomic mass is 16.5. The van der Waals surface area contributed by atoms with Crippen LogP contribution in [0.4, 0.5) is 11.5 Å². The number of fused-ring (bicyclic) bond motifs is 2. The molecule has 0 bridgehead atoms. The summed E-state index contributed by atoms with van der Waals surface area (Å²) in [4.78, 5) is 63.3. The normalized spacial score (nSPS) is 20.5. The number of hydrogen-bond donors (Lipinski definition) is 4. The van der Waals surface area contributed by atoms with Gasteiger partial charge < -0.3 is 30.7 Å². The molecule has 4 amide bonds. The highest BCUT2D eigenvalue weighted by Gasteiger charge is 2.49. The number of imide groups is 1. The molecule has 3 aromatic heterocycles. The van der Waals surface area contributed by atoms with E-state index >= 15 is 0 Å². The molecule has 0 aliphatic carbocycles. The van der Waals surface area contributed by atoms with E-state index in [2.05, 4.69) is 56.1 Å². The Hall–Kier alpha value is -6.13. The average molecular weight is 747 g/mol. The number of likely N-dealkylation sites (tertiary alicyclic amines) is 1. The summed E-state index contributed by atoms with van der Waals surface area (Å²) in [5.74, 6) is -0.877. The van der Waals surface area contributed by atoms with Gasteiger partial charge in [-0.05, 0) is 57.4 Å². The summed E-state index contributed by atoms with van der Waals surface area (Å²) < 4.78 is 9.70. The first-order chi connectivity index (χ1) is 26.5. The first kappa shape index (κ1) is 35.9. The maximum Gasteiger partial charge on any atom is 0.262 e. The highest BCUT2D eigenvalue weighted by molar-refractivity contribution is 6.22. The molecule has 0 spiro atoms. The fourth-order valence-electron chi connectivity index (χ4n) is 7.69. The SMILES string of the molecule is Cc1cccc(-c2cnc(Nc3cnn(C4CCN(CCNC(=O)COc5ccc6c(c5)C(=O)N(C5CCC(=O)NC5(C)O)C6=O)CC4)c3)c3nccn23)c1. The van der Waals surface area contributed by atoms with E-state index in [1.807, 2.05) is 33.7 Å². The van der Waals surface area contributed by atoms with Crippen molar-refractivity contribution in [1.29, 1.82) is 0 Å². The minimum Gasteiger partial charge on any atom is -0.484 e. The number of ether oxygens (including phenoxy) is 1. The van der Waals surface area contributed by atoms with Crippen molar-refractivity contribution >= 4 is 40.8 Å². The van der Waals surface area contributed by atoms with Gasteiger partial charge >= 0.3 is 0 Å². The molecule has 16 heteroatoms. The van der Waals surface area contributed by atoms with Crippen LogP contribution in [0.5, 0.6) is 5.75 Å². The van der Waals surface area contributed by atoms with Gasteiger partial charge in [0.25, 0.3) is 17.7 Å². The molecule has 0 radical (unpaired) electrons. The number of nitrogens with zero attached hydrogens (tertiary/aromatic N) is 7. The Kier molecular flexibility index (Phi) is 9.52. The van der Waals surface area contributed by atoms with Crippen LogP contribution in [0.25, 0.3) is 16.9 Å². The molecular formula is C39H42N10O6. The van der Waals surface area contributed by atoms with Gasteiger partial charge in [-0.2, -0.15) is 5.10 Å². The molecule has 2 unspecified atom stereocenters. The molecule has 2 atom stereocenters. The number of nitrogens with one attached hydrogen (secondary N) is 3. The number of rotatable bonds is 11. The van der Waals surface area contributed by atoms with E-state index in [0.717, 1.165) is 53.4 Å². The standard InChI is InChI=1S/C39H42N10O6/c1-24-4-3-5-25(18-24)31-21-42-35(36-41-13-17-47(31)36)44-26-20-43-48(22-26)27-10-14-46(15-11-27)16-12-40-34(51)23-55-28-6-7-29-30(19-28)38(53)49(37(29)52)32-8-9-33(50)45-39(32,2)54/h3-7,13,17-22,27,32,54H,8-12,14-16,23H2,1-2H3,(H,40,51)(H,42,44)(H,45,50). The molecule has 55 heavy (non-hydrogen) atoms. The number of anilines is 2. The molecule has 284 valence electrons. The smallest absolute Gasteiger partial charge is 0.262 e. The topological polar surface area (TPSA) is 188 Å². The molecule has 2 aromatic carbocycles. The molecule has 3 aliphatic heterocycles. The quantitative estimate of drug-likeness (QED) is 0.146. The molecule has 5 aromatic rings. The van der Waals surface area contributed by atoms with Gasteiger partial charge in [-0.25, -0.2) is 9.97 Å². The number of aromatic nitrogens is 5. The summed E-state index contributed by atoms with van der Waals surface area (Å²) in [6.45, 7) is 6.03. The van der Waals surface area contributed by atoms with Gasteiger partial charge in [-0.1, -0.05) is 23.8 Å². The molecule has 16 nitrogen and oxygen atoms in total. The monoisotopic (exact) mass is 746 g/mol. The molecule has 6 heterocycles. The first-order valence-electron chi connectivity index (χ1n) is 18.4. The average Bonchev–Trinajstić information content (AvgIpc) is 3.90. The van der Waals surface area contributed by atoms with Crippen molar-refractivity contribution in [3.05, 3.63) is 90.1 Å². The van der Waals surface area contributed by atoms with Crippen LogP contribution in [0.1, 0.15) is 64.9 Å². The van der Waals surface area contributed by atoms with Crippen molar-refractivity contribution in [2.75, 3.05) is 38.1 Å². The van der Waals surface area contributed by atoms with Crippen molar-refractivity contribution in [1.82, 2.24) is 44.6 Å². The second-order valence-electron chi connectivity index (χ2n) is 14.5. The molecular weight excluding hydrogens is 704 g/mol. The summed E-state index contributed by atoms with van der Waals surface area (Å²) in [6, 6.07) is 12.1. The molecule has 3 aliphatic rings. The first-order valence-corrected chi connectivity index (χ1v) is 18.4. The van der Waals surface area contributed by atoms with E-state index in [4.69, 9.17) is 9.72 Å². The van der Waals surface area contributed by atoms with E-state index in [0.29, 0.717) is 18.9 Å². The Balaban J connectivity index is 0.782. The Morgan fingerprint density at radius 2 is 1.85 bits per heavy atom. The zero-order chi connectivity index (χ0) is 38.3. The Morgan fingerprint density at radius 1 is 1.04 bits per heavy atom. The lowest BCUT2D eigenvalue weighted by Crippen LogP contribution is -2.64. The second kappa shape index (κ2) is 14.6. The molecule has 2 fully saturated rings. The summed E-state index contributed by atoms with van der Waals surface area (Å²) in [6.07, 6.45) is 11.4. The maximum absolute atomic E-state index is 13.2. The van der Waals surface area contributed by atoms with E-state index in [9.17, 15) is 24.3 Å². The number of aryl methyl sites for hydroxylation is 1. The Bertz CT molecular complexity index is 2290. The Labute approximate surface area is 316 Å². The summed E-state index contributed by atoms with van der Waals surface area (Å²) in [5.41, 5.74) is 3.33. The molecule has 2 saturated heterocycles. The van der Waals surface area contributed by atoms with Crippen LogP contribution in [0.15, 0.2) is 73.4 Å². The third kappa shape index (κ3) is 7.25. The fraction of sp³-hybridized carbons (Fsp3) is 0.359. The number of benzene rings is 2. The summed E-state index contributed by atoms with van der Waals surface area (Å²) in [5, 5.41) is 24.1. The van der Waals surface area contributed by atoms with Crippen LogP contribution < -0.4 is 20.7 Å². The van der Waals surface area contributed by atoms with Crippen molar-refractivity contribution < 1.29 is 29.0 Å². The van der Waals surface area contributed by atoms with Crippen molar-refractivity contribution in [2.45, 2.75) is 57.3 Å². The predicted molar refractivity (Wildman–Crippen MR) is 201 cm³/mol. The van der Waals surface area contributed by atoms with Crippen LogP contribution in [-0.4, -0.2) is 107 Å². The van der Waals surface area contributed by atoms with Crippen molar-refractivity contribution in [3.8, 4) is 17.0 Å². The number of hydrogen-bond acceptors (Lipinski definition) is 11. The zero-order valence-electron chi connectivity index (χ0n) is 30.6. The van der Waals surface area contributed by atoms with Crippen LogP contribution in [0, 0.1) is 6.92 Å². The third-order valence-corrected chi connectivity index (χ3v) is 10.5. The number of piperidine rings is 2. The number of aliphatic hydroxyl groups is 1. The van der Waals surface area contributed by atoms with Gasteiger partial charge in [0.1, 0.15) is 5.75 Å². The van der Waals surface area contributed by atoms with Gasteiger partial charge in [-0.15, -0.1) is 0 Å². The van der Waals surface area contributed by atoms with Gasteiger partial charge in [0, 0.05) is 56.8 Å². The molecule has 4 N–H and O–H groups in total. The summed E-state index contributed by atoms with van der Waals surface area (Å²) in [7, 11) is 0. The van der Waals surface area contributed by atoms with E-state index in [-0.39, 0.29) is 54.2 Å². The fourth-order valence-corrected chi connectivity index (χ4v) is 7.69. The lowest BCUT2D eigenvalue weighted by atomic mass is 9.94.